The maximum absolute atomic E-state index is 7.13. The summed E-state index contributed by atoms with van der Waals surface area (Å²) in [4.78, 5) is 0. The highest BCUT2D eigenvalue weighted by molar-refractivity contribution is 5.03. The first-order chi connectivity index (χ1) is 13.4. The van der Waals surface area contributed by atoms with E-state index in [9.17, 15) is 0 Å². The second-order valence-corrected chi connectivity index (χ2v) is 10.1. The Bertz CT molecular complexity index is 331. The summed E-state index contributed by atoms with van der Waals surface area (Å²) in [6.07, 6.45) is 28.8. The molecule has 0 aromatic heterocycles. The van der Waals surface area contributed by atoms with Crippen molar-refractivity contribution in [2.45, 2.75) is 141 Å². The van der Waals surface area contributed by atoms with E-state index in [1.54, 1.807) is 0 Å². The molecule has 27 heavy (non-hydrogen) atoms. The van der Waals surface area contributed by atoms with Gasteiger partial charge in [0.2, 0.25) is 0 Å². The van der Waals surface area contributed by atoms with E-state index in [0.717, 1.165) is 24.4 Å². The summed E-state index contributed by atoms with van der Waals surface area (Å²) in [6, 6.07) is 0. The molecule has 3 saturated carbocycles. The zero-order chi connectivity index (χ0) is 18.8. The quantitative estimate of drug-likeness (QED) is 0.293. The lowest BCUT2D eigenvalue weighted by Gasteiger charge is -2.48. The van der Waals surface area contributed by atoms with Crippen LogP contribution in [0.25, 0.3) is 0 Å². The van der Waals surface area contributed by atoms with Crippen LogP contribution in [0.15, 0.2) is 0 Å². The van der Waals surface area contributed by atoms with E-state index in [1.807, 2.05) is 0 Å². The Labute approximate surface area is 170 Å². The Balaban J connectivity index is 1.51. The van der Waals surface area contributed by atoms with Crippen molar-refractivity contribution in [2.75, 3.05) is 6.61 Å². The molecule has 1 nitrogen and oxygen atoms in total. The van der Waals surface area contributed by atoms with Gasteiger partial charge >= 0.3 is 0 Å². The van der Waals surface area contributed by atoms with Gasteiger partial charge in [-0.2, -0.15) is 0 Å². The van der Waals surface area contributed by atoms with Gasteiger partial charge in [0.05, 0.1) is 5.60 Å². The Morgan fingerprint density at radius 2 is 0.926 bits per heavy atom. The van der Waals surface area contributed by atoms with E-state index in [4.69, 9.17) is 4.74 Å². The molecular formula is C26H48O. The summed E-state index contributed by atoms with van der Waals surface area (Å²) < 4.78 is 7.13. The Morgan fingerprint density at radius 3 is 1.33 bits per heavy atom. The van der Waals surface area contributed by atoms with Crippen LogP contribution in [0.3, 0.4) is 0 Å². The summed E-state index contributed by atoms with van der Waals surface area (Å²) in [5.74, 6) is 2.66. The second kappa shape index (κ2) is 11.8. The van der Waals surface area contributed by atoms with Gasteiger partial charge in [-0.15, -0.1) is 0 Å². The summed E-state index contributed by atoms with van der Waals surface area (Å²) in [5, 5.41) is 0. The molecule has 0 atom stereocenters. The zero-order valence-corrected chi connectivity index (χ0v) is 18.5. The van der Waals surface area contributed by atoms with Gasteiger partial charge in [-0.1, -0.05) is 90.4 Å². The van der Waals surface area contributed by atoms with Crippen molar-refractivity contribution < 1.29 is 4.74 Å². The topological polar surface area (TPSA) is 9.23 Å². The maximum atomic E-state index is 7.13. The molecule has 3 rings (SSSR count). The van der Waals surface area contributed by atoms with Crippen LogP contribution in [-0.4, -0.2) is 12.2 Å². The number of rotatable bonds is 13. The summed E-state index contributed by atoms with van der Waals surface area (Å²) in [5.41, 5.74) is 0.282. The van der Waals surface area contributed by atoms with Crippen LogP contribution >= 0.6 is 0 Å². The molecule has 0 N–H and O–H groups in total. The molecule has 0 heterocycles. The monoisotopic (exact) mass is 376 g/mol. The first kappa shape index (κ1) is 21.7. The molecule has 3 aliphatic rings. The summed E-state index contributed by atoms with van der Waals surface area (Å²) >= 11 is 0. The largest absolute Gasteiger partial charge is 0.374 e. The minimum atomic E-state index is 0.282. The van der Waals surface area contributed by atoms with Crippen molar-refractivity contribution in [3.05, 3.63) is 0 Å². The predicted molar refractivity (Wildman–Crippen MR) is 117 cm³/mol. The molecule has 3 fully saturated rings. The molecule has 0 aromatic carbocycles. The molecule has 0 spiro atoms. The van der Waals surface area contributed by atoms with Crippen LogP contribution in [0.2, 0.25) is 0 Å². The van der Waals surface area contributed by atoms with E-state index < -0.39 is 0 Å². The maximum Gasteiger partial charge on any atom is 0.0766 e. The van der Waals surface area contributed by atoms with Gasteiger partial charge in [-0.3, -0.25) is 0 Å². The predicted octanol–water partition coefficient (Wildman–Crippen LogP) is 8.45. The normalized spacial score (nSPS) is 23.0. The molecule has 0 bridgehead atoms. The zero-order valence-electron chi connectivity index (χ0n) is 18.5. The molecule has 0 saturated heterocycles. The number of ether oxygens (including phenoxy) is 1. The van der Waals surface area contributed by atoms with Gasteiger partial charge in [0, 0.05) is 6.61 Å². The fourth-order valence-corrected chi connectivity index (χ4v) is 6.97. The first-order valence-electron chi connectivity index (χ1n) is 13.0. The number of hydrogen-bond donors (Lipinski definition) is 0. The molecule has 0 aliphatic heterocycles. The highest BCUT2D eigenvalue weighted by Crippen LogP contribution is 2.54. The number of hydrogen-bond acceptors (Lipinski definition) is 1. The minimum absolute atomic E-state index is 0.282. The first-order valence-corrected chi connectivity index (χ1v) is 13.0. The van der Waals surface area contributed by atoms with Crippen LogP contribution in [-0.2, 0) is 4.74 Å². The lowest BCUT2D eigenvalue weighted by Crippen LogP contribution is -2.51. The van der Waals surface area contributed by atoms with Crippen molar-refractivity contribution in [3.8, 4) is 0 Å². The van der Waals surface area contributed by atoms with E-state index >= 15 is 0 Å². The number of unbranched alkanes of at least 4 members (excludes halogenated alkanes) is 7. The highest BCUT2D eigenvalue weighted by atomic mass is 16.5. The van der Waals surface area contributed by atoms with Crippen molar-refractivity contribution in [1.29, 1.82) is 0 Å². The molecule has 0 radical (unpaired) electrons. The SMILES string of the molecule is CCCCCCCCCCOC(C1CCCC1)(C1CCCC1)C1CCCC1. The van der Waals surface area contributed by atoms with Crippen LogP contribution in [0, 0.1) is 17.8 Å². The lowest BCUT2D eigenvalue weighted by molar-refractivity contribution is -0.161. The highest BCUT2D eigenvalue weighted by Gasteiger charge is 2.53. The van der Waals surface area contributed by atoms with E-state index in [1.165, 1.54) is 128 Å². The summed E-state index contributed by atoms with van der Waals surface area (Å²) in [6.45, 7) is 3.36. The second-order valence-electron chi connectivity index (χ2n) is 10.1. The fraction of sp³-hybridized carbons (Fsp3) is 1.00. The van der Waals surface area contributed by atoms with Crippen molar-refractivity contribution in [1.82, 2.24) is 0 Å². The smallest absolute Gasteiger partial charge is 0.0766 e. The van der Waals surface area contributed by atoms with Crippen molar-refractivity contribution in [2.24, 2.45) is 17.8 Å². The van der Waals surface area contributed by atoms with Crippen LogP contribution in [0.4, 0.5) is 0 Å². The minimum Gasteiger partial charge on any atom is -0.374 e. The molecule has 158 valence electrons. The van der Waals surface area contributed by atoms with E-state index in [0.29, 0.717) is 0 Å². The third-order valence-electron chi connectivity index (χ3n) is 8.33. The third kappa shape index (κ3) is 5.74. The van der Waals surface area contributed by atoms with Gasteiger partial charge in [0.1, 0.15) is 0 Å². The van der Waals surface area contributed by atoms with Crippen LogP contribution in [0.1, 0.15) is 135 Å². The van der Waals surface area contributed by atoms with Gasteiger partial charge in [0.25, 0.3) is 0 Å². The van der Waals surface area contributed by atoms with Crippen molar-refractivity contribution in [3.63, 3.8) is 0 Å². The summed E-state index contributed by atoms with van der Waals surface area (Å²) in [7, 11) is 0. The fourth-order valence-electron chi connectivity index (χ4n) is 6.97. The van der Waals surface area contributed by atoms with Crippen LogP contribution < -0.4 is 0 Å². The average Bonchev–Trinajstić information content (AvgIpc) is 3.46. The molecular weight excluding hydrogens is 328 g/mol. The standard InChI is InChI=1S/C26H48O/c1-2-3-4-5-6-7-8-15-22-27-26(23-16-9-10-17-23,24-18-11-12-19-24)25-20-13-14-21-25/h23-25H,2-22H2,1H3. The van der Waals surface area contributed by atoms with Gasteiger partial charge in [-0.25, -0.2) is 0 Å². The molecule has 0 amide bonds. The van der Waals surface area contributed by atoms with Crippen LogP contribution in [0.5, 0.6) is 0 Å². The molecule has 3 aliphatic carbocycles. The lowest BCUT2D eigenvalue weighted by atomic mass is 9.66. The van der Waals surface area contributed by atoms with Crippen molar-refractivity contribution >= 4 is 0 Å². The Kier molecular flexibility index (Phi) is 9.50. The van der Waals surface area contributed by atoms with Gasteiger partial charge < -0.3 is 4.74 Å². The molecule has 0 unspecified atom stereocenters. The van der Waals surface area contributed by atoms with Gasteiger partial charge in [-0.05, 0) is 62.7 Å². The van der Waals surface area contributed by atoms with Gasteiger partial charge in [0.15, 0.2) is 0 Å². The molecule has 0 aromatic rings. The Hall–Kier alpha value is -0.0400. The van der Waals surface area contributed by atoms with E-state index in [2.05, 4.69) is 6.92 Å². The molecule has 1 heteroatoms. The Morgan fingerprint density at radius 1 is 0.556 bits per heavy atom. The third-order valence-corrected chi connectivity index (χ3v) is 8.33. The average molecular weight is 377 g/mol. The van der Waals surface area contributed by atoms with E-state index in [-0.39, 0.29) is 5.60 Å².